The lowest BCUT2D eigenvalue weighted by molar-refractivity contribution is 0.252. The summed E-state index contributed by atoms with van der Waals surface area (Å²) in [5.41, 5.74) is 3.00. The minimum atomic E-state index is -0.178. The maximum atomic E-state index is 11.6. The number of fused-ring (bicyclic) bond motifs is 1. The molecule has 1 aromatic carbocycles. The number of hydrogen-bond acceptors (Lipinski definition) is 2. The normalized spacial score (nSPS) is 13.1. The van der Waals surface area contributed by atoms with Gasteiger partial charge in [-0.25, -0.2) is 9.78 Å². The van der Waals surface area contributed by atoms with Gasteiger partial charge in [0.05, 0.1) is 11.9 Å². The maximum absolute atomic E-state index is 11.6. The number of carbonyl (C=O) groups excluding carboxylic acids is 1. The van der Waals surface area contributed by atoms with Crippen molar-refractivity contribution in [3.05, 3.63) is 36.3 Å². The predicted molar refractivity (Wildman–Crippen MR) is 78.7 cm³/mol. The Morgan fingerprint density at radius 3 is 3.20 bits per heavy atom. The summed E-state index contributed by atoms with van der Waals surface area (Å²) in [6, 6.07) is 7.69. The second-order valence-electron chi connectivity index (χ2n) is 4.88. The number of urea groups is 1. The van der Waals surface area contributed by atoms with Crippen molar-refractivity contribution in [2.75, 3.05) is 11.9 Å². The third-order valence-electron chi connectivity index (χ3n) is 3.47. The van der Waals surface area contributed by atoms with Gasteiger partial charge in [-0.15, -0.1) is 0 Å². The van der Waals surface area contributed by atoms with E-state index in [9.17, 15) is 4.79 Å². The lowest BCUT2D eigenvalue weighted by Crippen LogP contribution is -2.28. The van der Waals surface area contributed by atoms with Crippen molar-refractivity contribution >= 4 is 11.7 Å². The average Bonchev–Trinajstić information content (AvgIpc) is 3.01. The van der Waals surface area contributed by atoms with Gasteiger partial charge in [-0.1, -0.05) is 12.1 Å². The van der Waals surface area contributed by atoms with Gasteiger partial charge in [0.25, 0.3) is 0 Å². The molecule has 2 amide bonds. The van der Waals surface area contributed by atoms with Gasteiger partial charge in [0.15, 0.2) is 0 Å². The lowest BCUT2D eigenvalue weighted by atomic mass is 10.1. The molecule has 0 saturated carbocycles. The Morgan fingerprint density at radius 2 is 2.35 bits per heavy atom. The van der Waals surface area contributed by atoms with Crippen LogP contribution >= 0.6 is 0 Å². The summed E-state index contributed by atoms with van der Waals surface area (Å²) in [4.78, 5) is 16.0. The molecule has 0 fully saturated rings. The van der Waals surface area contributed by atoms with Crippen LogP contribution in [-0.4, -0.2) is 22.1 Å². The highest BCUT2D eigenvalue weighted by Gasteiger charge is 2.16. The molecule has 0 spiro atoms. The highest BCUT2D eigenvalue weighted by Crippen LogP contribution is 2.27. The van der Waals surface area contributed by atoms with Crippen molar-refractivity contribution < 1.29 is 4.79 Å². The number of rotatable bonds is 3. The van der Waals surface area contributed by atoms with Crippen LogP contribution < -0.4 is 10.6 Å². The third-order valence-corrected chi connectivity index (χ3v) is 3.47. The molecule has 0 radical (unpaired) electrons. The second kappa shape index (κ2) is 5.36. The molecule has 2 N–H and O–H groups in total. The van der Waals surface area contributed by atoms with Gasteiger partial charge >= 0.3 is 6.03 Å². The molecule has 3 rings (SSSR count). The summed E-state index contributed by atoms with van der Waals surface area (Å²) in [6.45, 7) is 3.53. The van der Waals surface area contributed by atoms with Crippen molar-refractivity contribution in [2.24, 2.45) is 0 Å². The van der Waals surface area contributed by atoms with Gasteiger partial charge in [0, 0.05) is 30.8 Å². The van der Waals surface area contributed by atoms with E-state index in [1.54, 1.807) is 0 Å². The fourth-order valence-corrected chi connectivity index (χ4v) is 2.58. The van der Waals surface area contributed by atoms with Gasteiger partial charge < -0.3 is 15.2 Å². The Labute approximate surface area is 118 Å². The minimum Gasteiger partial charge on any atom is -0.338 e. The summed E-state index contributed by atoms with van der Waals surface area (Å²) in [5.74, 6) is 1.15. The fraction of sp³-hybridized carbons (Fsp3) is 0.333. The number of anilines is 1. The number of aryl methyl sites for hydroxylation is 1. The molecule has 0 aliphatic carbocycles. The number of imidazole rings is 1. The van der Waals surface area contributed by atoms with Gasteiger partial charge in [-0.05, 0) is 25.5 Å². The van der Waals surface area contributed by atoms with Crippen LogP contribution in [0, 0.1) is 0 Å². The van der Waals surface area contributed by atoms with Crippen LogP contribution in [0.15, 0.2) is 30.5 Å². The second-order valence-corrected chi connectivity index (χ2v) is 4.88. The SMILES string of the molecule is CCNC(=O)Nc1cccc(-c2cnc3n2CCC3)c1. The summed E-state index contributed by atoms with van der Waals surface area (Å²) in [6.07, 6.45) is 4.13. The molecule has 1 aliphatic rings. The van der Waals surface area contributed by atoms with E-state index < -0.39 is 0 Å². The van der Waals surface area contributed by atoms with Crippen LogP contribution in [0.5, 0.6) is 0 Å². The van der Waals surface area contributed by atoms with Crippen molar-refractivity contribution in [3.63, 3.8) is 0 Å². The summed E-state index contributed by atoms with van der Waals surface area (Å²) in [5, 5.41) is 5.56. The first-order valence-corrected chi connectivity index (χ1v) is 6.97. The largest absolute Gasteiger partial charge is 0.338 e. The van der Waals surface area contributed by atoms with E-state index in [1.807, 2.05) is 37.4 Å². The van der Waals surface area contributed by atoms with Crippen LogP contribution in [0.2, 0.25) is 0 Å². The molecule has 104 valence electrons. The first-order chi connectivity index (χ1) is 9.78. The average molecular weight is 270 g/mol. The first-order valence-electron chi connectivity index (χ1n) is 6.97. The molecule has 20 heavy (non-hydrogen) atoms. The predicted octanol–water partition coefficient (Wildman–Crippen LogP) is 2.64. The molecule has 0 unspecified atom stereocenters. The van der Waals surface area contributed by atoms with Crippen molar-refractivity contribution in [1.29, 1.82) is 0 Å². The molecule has 0 atom stereocenters. The maximum Gasteiger partial charge on any atom is 0.319 e. The summed E-state index contributed by atoms with van der Waals surface area (Å²) in [7, 11) is 0. The van der Waals surface area contributed by atoms with Crippen LogP contribution in [0.4, 0.5) is 10.5 Å². The molecule has 1 aromatic heterocycles. The van der Waals surface area contributed by atoms with E-state index in [-0.39, 0.29) is 6.03 Å². The summed E-state index contributed by atoms with van der Waals surface area (Å²) >= 11 is 0. The Kier molecular flexibility index (Phi) is 3.41. The Morgan fingerprint density at radius 1 is 1.45 bits per heavy atom. The zero-order valence-electron chi connectivity index (χ0n) is 11.5. The summed E-state index contributed by atoms with van der Waals surface area (Å²) < 4.78 is 2.26. The number of carbonyl (C=O) groups is 1. The smallest absolute Gasteiger partial charge is 0.319 e. The number of benzene rings is 1. The van der Waals surface area contributed by atoms with Crippen molar-refractivity contribution in [3.8, 4) is 11.3 Å². The Bertz CT molecular complexity index is 633. The Balaban J connectivity index is 1.85. The van der Waals surface area contributed by atoms with Gasteiger partial charge in [-0.2, -0.15) is 0 Å². The third kappa shape index (κ3) is 2.39. The monoisotopic (exact) mass is 270 g/mol. The zero-order valence-corrected chi connectivity index (χ0v) is 11.5. The fourth-order valence-electron chi connectivity index (χ4n) is 2.58. The van der Waals surface area contributed by atoms with E-state index in [1.165, 1.54) is 0 Å². The number of hydrogen-bond donors (Lipinski definition) is 2. The minimum absolute atomic E-state index is 0.178. The van der Waals surface area contributed by atoms with Crippen molar-refractivity contribution in [2.45, 2.75) is 26.3 Å². The lowest BCUT2D eigenvalue weighted by Gasteiger charge is -2.09. The van der Waals surface area contributed by atoms with E-state index in [0.29, 0.717) is 6.54 Å². The number of nitrogens with one attached hydrogen (secondary N) is 2. The molecule has 2 aromatic rings. The Hall–Kier alpha value is -2.30. The van der Waals surface area contributed by atoms with Crippen LogP contribution in [-0.2, 0) is 13.0 Å². The van der Waals surface area contributed by atoms with E-state index in [2.05, 4.69) is 20.2 Å². The molecule has 2 heterocycles. The van der Waals surface area contributed by atoms with Crippen LogP contribution in [0.3, 0.4) is 0 Å². The number of aromatic nitrogens is 2. The van der Waals surface area contributed by atoms with E-state index >= 15 is 0 Å². The number of amides is 2. The standard InChI is InChI=1S/C15H18N4O/c1-2-16-15(20)18-12-6-3-5-11(9-12)13-10-17-14-7-4-8-19(13)14/h3,5-6,9-10H,2,4,7-8H2,1H3,(H2,16,18,20). The highest BCUT2D eigenvalue weighted by molar-refractivity contribution is 5.89. The van der Waals surface area contributed by atoms with Crippen LogP contribution in [0.25, 0.3) is 11.3 Å². The van der Waals surface area contributed by atoms with E-state index in [4.69, 9.17) is 0 Å². The molecule has 0 bridgehead atoms. The number of nitrogens with zero attached hydrogens (tertiary/aromatic N) is 2. The molecular weight excluding hydrogens is 252 g/mol. The molecule has 0 saturated heterocycles. The molecule has 1 aliphatic heterocycles. The zero-order chi connectivity index (χ0) is 13.9. The molecule has 5 heteroatoms. The highest BCUT2D eigenvalue weighted by atomic mass is 16.2. The molecular formula is C15H18N4O. The topological polar surface area (TPSA) is 59.0 Å². The van der Waals surface area contributed by atoms with Crippen molar-refractivity contribution in [1.82, 2.24) is 14.9 Å². The molecule has 5 nitrogen and oxygen atoms in total. The van der Waals surface area contributed by atoms with Gasteiger partial charge in [0.2, 0.25) is 0 Å². The quantitative estimate of drug-likeness (QED) is 0.900. The van der Waals surface area contributed by atoms with Gasteiger partial charge in [0.1, 0.15) is 5.82 Å². The first kappa shape index (κ1) is 12.7. The van der Waals surface area contributed by atoms with Gasteiger partial charge in [-0.3, -0.25) is 0 Å². The van der Waals surface area contributed by atoms with E-state index in [0.717, 1.165) is 42.2 Å². The van der Waals surface area contributed by atoms with Crippen LogP contribution in [0.1, 0.15) is 19.2 Å².